The molecule has 3 rings (SSSR count). The summed E-state index contributed by atoms with van der Waals surface area (Å²) in [5.41, 5.74) is 3.13. The second kappa shape index (κ2) is 6.02. The number of carbonyl (C=O) groups excluding carboxylic acids is 1. The zero-order chi connectivity index (χ0) is 15.5. The lowest BCUT2D eigenvalue weighted by atomic mass is 10.1. The van der Waals surface area contributed by atoms with E-state index in [0.717, 1.165) is 11.1 Å². The van der Waals surface area contributed by atoms with Gasteiger partial charge in [-0.25, -0.2) is 4.98 Å². The Hall–Kier alpha value is -2.62. The normalized spacial score (nSPS) is 11.0. The minimum atomic E-state index is -0.00264. The molecule has 1 amide bonds. The molecule has 0 saturated carbocycles. The van der Waals surface area contributed by atoms with Gasteiger partial charge >= 0.3 is 0 Å². The Morgan fingerprint density at radius 3 is 2.68 bits per heavy atom. The minimum Gasteiger partial charge on any atom is -0.443 e. The standard InChI is InChI=1S/C18H18N2O2/c1-13(2)20(11-14-6-4-3-5-7-14)18(21)15-8-9-16-17(10-15)22-12-19-16/h3-10,12-13H,11H2,1-2H3. The zero-order valence-corrected chi connectivity index (χ0v) is 12.7. The maximum atomic E-state index is 12.8. The highest BCUT2D eigenvalue weighted by atomic mass is 16.3. The Balaban J connectivity index is 1.88. The fraction of sp³-hybridized carbons (Fsp3) is 0.222. The number of fused-ring (bicyclic) bond motifs is 1. The van der Waals surface area contributed by atoms with E-state index in [4.69, 9.17) is 4.42 Å². The second-order valence-electron chi connectivity index (χ2n) is 5.55. The maximum Gasteiger partial charge on any atom is 0.254 e. The van der Waals surface area contributed by atoms with Crippen molar-refractivity contribution in [2.75, 3.05) is 0 Å². The summed E-state index contributed by atoms with van der Waals surface area (Å²) in [5, 5.41) is 0. The number of oxazole rings is 1. The smallest absolute Gasteiger partial charge is 0.254 e. The third-order valence-electron chi connectivity index (χ3n) is 3.66. The van der Waals surface area contributed by atoms with E-state index in [1.165, 1.54) is 6.39 Å². The van der Waals surface area contributed by atoms with Crippen molar-refractivity contribution < 1.29 is 9.21 Å². The van der Waals surface area contributed by atoms with Gasteiger partial charge in [0.25, 0.3) is 5.91 Å². The summed E-state index contributed by atoms with van der Waals surface area (Å²) in [7, 11) is 0. The van der Waals surface area contributed by atoms with Crippen molar-refractivity contribution in [2.45, 2.75) is 26.4 Å². The van der Waals surface area contributed by atoms with Crippen molar-refractivity contribution in [3.8, 4) is 0 Å². The van der Waals surface area contributed by atoms with Gasteiger partial charge in [-0.2, -0.15) is 0 Å². The number of benzene rings is 2. The van der Waals surface area contributed by atoms with Crippen LogP contribution in [0.3, 0.4) is 0 Å². The van der Waals surface area contributed by atoms with E-state index in [2.05, 4.69) is 4.98 Å². The summed E-state index contributed by atoms with van der Waals surface area (Å²) in [5.74, 6) is -0.00264. The molecule has 1 aromatic heterocycles. The van der Waals surface area contributed by atoms with E-state index in [1.807, 2.05) is 55.1 Å². The quantitative estimate of drug-likeness (QED) is 0.733. The molecule has 4 nitrogen and oxygen atoms in total. The molecular weight excluding hydrogens is 276 g/mol. The molecule has 0 aliphatic carbocycles. The van der Waals surface area contributed by atoms with Crippen molar-refractivity contribution in [1.29, 1.82) is 0 Å². The van der Waals surface area contributed by atoms with Crippen LogP contribution >= 0.6 is 0 Å². The van der Waals surface area contributed by atoms with Gasteiger partial charge in [0.2, 0.25) is 0 Å². The first-order valence-electron chi connectivity index (χ1n) is 7.33. The Morgan fingerprint density at radius 2 is 1.95 bits per heavy atom. The molecule has 0 saturated heterocycles. The van der Waals surface area contributed by atoms with Gasteiger partial charge in [-0.15, -0.1) is 0 Å². The van der Waals surface area contributed by atoms with Crippen molar-refractivity contribution >= 4 is 17.0 Å². The van der Waals surface area contributed by atoms with Crippen LogP contribution in [0.15, 0.2) is 59.3 Å². The van der Waals surface area contributed by atoms with Crippen LogP contribution in [0.2, 0.25) is 0 Å². The largest absolute Gasteiger partial charge is 0.443 e. The summed E-state index contributed by atoms with van der Waals surface area (Å²) in [6.07, 6.45) is 1.39. The fourth-order valence-electron chi connectivity index (χ4n) is 2.42. The van der Waals surface area contributed by atoms with Gasteiger partial charge in [0, 0.05) is 18.2 Å². The van der Waals surface area contributed by atoms with Gasteiger partial charge in [-0.3, -0.25) is 4.79 Å². The zero-order valence-electron chi connectivity index (χ0n) is 12.7. The van der Waals surface area contributed by atoms with Crippen LogP contribution in [0.1, 0.15) is 29.8 Å². The maximum absolute atomic E-state index is 12.8. The first-order chi connectivity index (χ1) is 10.6. The molecule has 0 spiro atoms. The first-order valence-corrected chi connectivity index (χ1v) is 7.33. The molecule has 0 N–H and O–H groups in total. The summed E-state index contributed by atoms with van der Waals surface area (Å²) < 4.78 is 5.29. The van der Waals surface area contributed by atoms with Crippen LogP contribution in [0.5, 0.6) is 0 Å². The second-order valence-corrected chi connectivity index (χ2v) is 5.55. The molecule has 2 aromatic carbocycles. The predicted molar refractivity (Wildman–Crippen MR) is 85.5 cm³/mol. The number of carbonyl (C=O) groups is 1. The summed E-state index contributed by atoms with van der Waals surface area (Å²) in [6.45, 7) is 4.63. The Kier molecular flexibility index (Phi) is 3.92. The lowest BCUT2D eigenvalue weighted by molar-refractivity contribution is 0.0690. The third-order valence-corrected chi connectivity index (χ3v) is 3.66. The number of aromatic nitrogens is 1. The van der Waals surface area contributed by atoms with Gasteiger partial charge in [0.15, 0.2) is 12.0 Å². The van der Waals surface area contributed by atoms with Crippen LogP contribution in [0, 0.1) is 0 Å². The van der Waals surface area contributed by atoms with E-state index >= 15 is 0 Å². The first kappa shape index (κ1) is 14.3. The van der Waals surface area contributed by atoms with Crippen LogP contribution in [-0.2, 0) is 6.54 Å². The highest BCUT2D eigenvalue weighted by Crippen LogP contribution is 2.18. The van der Waals surface area contributed by atoms with Gasteiger partial charge in [-0.05, 0) is 37.6 Å². The molecule has 0 aliphatic heterocycles. The van der Waals surface area contributed by atoms with Crippen LogP contribution in [0.4, 0.5) is 0 Å². The molecule has 112 valence electrons. The van der Waals surface area contributed by atoms with E-state index in [9.17, 15) is 4.79 Å². The van der Waals surface area contributed by atoms with Crippen molar-refractivity contribution in [3.63, 3.8) is 0 Å². The topological polar surface area (TPSA) is 46.3 Å². The minimum absolute atomic E-state index is 0.00264. The highest BCUT2D eigenvalue weighted by molar-refractivity contribution is 5.97. The Morgan fingerprint density at radius 1 is 1.18 bits per heavy atom. The molecule has 22 heavy (non-hydrogen) atoms. The summed E-state index contributed by atoms with van der Waals surface area (Å²) in [6, 6.07) is 15.5. The van der Waals surface area contributed by atoms with E-state index < -0.39 is 0 Å². The Labute approximate surface area is 129 Å². The van der Waals surface area contributed by atoms with Crippen LogP contribution < -0.4 is 0 Å². The molecule has 0 atom stereocenters. The van der Waals surface area contributed by atoms with Gasteiger partial charge in [0.05, 0.1) is 0 Å². The van der Waals surface area contributed by atoms with Crippen molar-refractivity contribution in [2.24, 2.45) is 0 Å². The Bertz CT molecular complexity index is 778. The average Bonchev–Trinajstić information content (AvgIpc) is 3.00. The molecule has 1 heterocycles. The number of hydrogen-bond donors (Lipinski definition) is 0. The molecule has 4 heteroatoms. The highest BCUT2D eigenvalue weighted by Gasteiger charge is 2.19. The van der Waals surface area contributed by atoms with E-state index in [0.29, 0.717) is 17.7 Å². The van der Waals surface area contributed by atoms with E-state index in [1.54, 1.807) is 12.1 Å². The SMILES string of the molecule is CC(C)N(Cc1ccccc1)C(=O)c1ccc2ncoc2c1. The number of amides is 1. The lowest BCUT2D eigenvalue weighted by Gasteiger charge is -2.27. The van der Waals surface area contributed by atoms with Gasteiger partial charge < -0.3 is 9.32 Å². The monoisotopic (exact) mass is 294 g/mol. The van der Waals surface area contributed by atoms with E-state index in [-0.39, 0.29) is 11.9 Å². The van der Waals surface area contributed by atoms with Gasteiger partial charge in [-0.1, -0.05) is 30.3 Å². The molecular formula is C18H18N2O2. The molecule has 0 unspecified atom stereocenters. The van der Waals surface area contributed by atoms with Crippen molar-refractivity contribution in [1.82, 2.24) is 9.88 Å². The van der Waals surface area contributed by atoms with Gasteiger partial charge in [0.1, 0.15) is 5.52 Å². The van der Waals surface area contributed by atoms with Crippen LogP contribution in [0.25, 0.3) is 11.1 Å². The lowest BCUT2D eigenvalue weighted by Crippen LogP contribution is -2.36. The number of rotatable bonds is 4. The molecule has 3 aromatic rings. The molecule has 0 aliphatic rings. The molecule has 0 radical (unpaired) electrons. The molecule has 0 bridgehead atoms. The molecule has 0 fully saturated rings. The average molecular weight is 294 g/mol. The van der Waals surface area contributed by atoms with Crippen LogP contribution in [-0.4, -0.2) is 21.8 Å². The third kappa shape index (κ3) is 2.86. The predicted octanol–water partition coefficient (Wildman–Crippen LogP) is 3.88. The fourth-order valence-corrected chi connectivity index (χ4v) is 2.42. The van der Waals surface area contributed by atoms with Crippen molar-refractivity contribution in [3.05, 3.63) is 66.1 Å². The summed E-state index contributed by atoms with van der Waals surface area (Å²) in [4.78, 5) is 18.7. The number of hydrogen-bond acceptors (Lipinski definition) is 3. The number of nitrogens with zero attached hydrogens (tertiary/aromatic N) is 2. The summed E-state index contributed by atoms with van der Waals surface area (Å²) >= 11 is 0.